The van der Waals surface area contributed by atoms with Crippen molar-refractivity contribution in [3.05, 3.63) is 35.9 Å². The van der Waals surface area contributed by atoms with Crippen molar-refractivity contribution in [2.24, 2.45) is 5.10 Å². The molecule has 1 aromatic carbocycles. The van der Waals surface area contributed by atoms with E-state index in [0.29, 0.717) is 6.61 Å². The first-order chi connectivity index (χ1) is 13.9. The van der Waals surface area contributed by atoms with Crippen molar-refractivity contribution in [3.8, 4) is 0 Å². The minimum Gasteiger partial charge on any atom is -0.855 e. The first-order valence-electron chi connectivity index (χ1n) is 10.4. The summed E-state index contributed by atoms with van der Waals surface area (Å²) in [5.74, 6) is -0.800. The highest BCUT2D eigenvalue weighted by Gasteiger charge is 2.44. The molecule has 0 aromatic heterocycles. The molecule has 0 aliphatic carbocycles. The molecule has 1 saturated heterocycles. The third-order valence-electron chi connectivity index (χ3n) is 5.96. The lowest BCUT2D eigenvalue weighted by Gasteiger charge is -2.51. The molecule has 8 heteroatoms. The van der Waals surface area contributed by atoms with Crippen molar-refractivity contribution >= 4 is 46.4 Å². The molecule has 0 amide bonds. The van der Waals surface area contributed by atoms with Crippen LogP contribution in [0.1, 0.15) is 65.4 Å². The van der Waals surface area contributed by atoms with Crippen molar-refractivity contribution in [3.63, 3.8) is 0 Å². The molecule has 2 aliphatic heterocycles. The average molecular weight is 475 g/mol. The highest BCUT2D eigenvalue weighted by atomic mass is 35.6. The van der Waals surface area contributed by atoms with Crippen LogP contribution in [0.25, 0.3) is 0 Å². The zero-order valence-corrected chi connectivity index (χ0v) is 20.3. The molecular formula is C22H30Cl3N3O2. The van der Waals surface area contributed by atoms with Crippen LogP contribution in [0.5, 0.6) is 0 Å². The predicted molar refractivity (Wildman–Crippen MR) is 121 cm³/mol. The van der Waals surface area contributed by atoms with Crippen LogP contribution >= 0.6 is 34.8 Å². The third-order valence-corrected chi connectivity index (χ3v) is 6.44. The Bertz CT molecular complexity index is 801. The van der Waals surface area contributed by atoms with E-state index in [1.807, 2.05) is 30.3 Å². The molecule has 1 fully saturated rings. The lowest BCUT2D eigenvalue weighted by atomic mass is 9.82. The maximum atomic E-state index is 12.4. The first kappa shape index (κ1) is 23.8. The van der Waals surface area contributed by atoms with E-state index in [-0.39, 0.29) is 17.1 Å². The molecule has 5 nitrogen and oxygen atoms in total. The van der Waals surface area contributed by atoms with Gasteiger partial charge in [0.05, 0.1) is 5.90 Å². The molecule has 2 heterocycles. The number of piperidine rings is 1. The Morgan fingerprint density at radius 2 is 1.77 bits per heavy atom. The second-order valence-electron chi connectivity index (χ2n) is 9.32. The summed E-state index contributed by atoms with van der Waals surface area (Å²) in [7, 11) is 0. The lowest BCUT2D eigenvalue weighted by Crippen LogP contribution is -2.58. The molecule has 0 radical (unpaired) electrons. The summed E-state index contributed by atoms with van der Waals surface area (Å²) >= 11 is 17.4. The van der Waals surface area contributed by atoms with Gasteiger partial charge >= 0.3 is 0 Å². The number of hydrogen-bond donors (Lipinski definition) is 0. The van der Waals surface area contributed by atoms with E-state index < -0.39 is 9.69 Å². The number of hydrazone groups is 1. The van der Waals surface area contributed by atoms with Crippen LogP contribution < -0.4 is 5.11 Å². The summed E-state index contributed by atoms with van der Waals surface area (Å²) in [6, 6.07) is 9.74. The Hall–Kier alpha value is -0.850. The Morgan fingerprint density at radius 1 is 1.17 bits per heavy atom. The largest absolute Gasteiger partial charge is 0.855 e. The molecular weight excluding hydrogens is 445 g/mol. The van der Waals surface area contributed by atoms with Crippen molar-refractivity contribution in [1.82, 2.24) is 5.06 Å². The van der Waals surface area contributed by atoms with Crippen LogP contribution in [0.3, 0.4) is 0 Å². The number of halogens is 3. The van der Waals surface area contributed by atoms with Crippen molar-refractivity contribution in [2.45, 2.75) is 80.7 Å². The smallest absolute Gasteiger partial charge is 0.224 e. The fourth-order valence-corrected chi connectivity index (χ4v) is 4.72. The second kappa shape index (κ2) is 8.95. The predicted octanol–water partition coefficient (Wildman–Crippen LogP) is 4.67. The monoisotopic (exact) mass is 473 g/mol. The Kier molecular flexibility index (Phi) is 7.10. The molecule has 1 unspecified atom stereocenters. The number of hydrogen-bond acceptors (Lipinski definition) is 4. The maximum absolute atomic E-state index is 12.4. The third kappa shape index (κ3) is 5.31. The van der Waals surface area contributed by atoms with E-state index in [9.17, 15) is 5.11 Å². The van der Waals surface area contributed by atoms with Gasteiger partial charge in [-0.3, -0.25) is 4.84 Å². The van der Waals surface area contributed by atoms with E-state index in [1.165, 1.54) is 6.42 Å². The first-order valence-corrected chi connectivity index (χ1v) is 11.5. The summed E-state index contributed by atoms with van der Waals surface area (Å²) in [6.45, 7) is 9.23. The molecule has 1 atom stereocenters. The van der Waals surface area contributed by atoms with Gasteiger partial charge in [0.2, 0.25) is 15.5 Å². The standard InChI is InChI=1S/C22H30Cl3N3O2/c1-20(2)13-8-14-21(3,4)28(20)30-15-17-11-12-18(16-9-6-5-7-10-16)27(17)26-19(29)22(23,24)25/h5-7,9-10,17H,8,11-15H2,1-4H3. The lowest BCUT2D eigenvalue weighted by molar-refractivity contribution is -0.575. The van der Waals surface area contributed by atoms with Gasteiger partial charge in [-0.25, -0.2) is 0 Å². The number of rotatable bonds is 5. The molecule has 166 valence electrons. The average Bonchev–Trinajstić information content (AvgIpc) is 3.03. The van der Waals surface area contributed by atoms with Gasteiger partial charge in [0.15, 0.2) is 0 Å². The molecule has 1 aromatic rings. The van der Waals surface area contributed by atoms with Crippen LogP contribution in [0.15, 0.2) is 35.4 Å². The fraction of sp³-hybridized carbons (Fsp3) is 0.636. The number of hydroxylamine groups is 2. The number of nitrogens with zero attached hydrogens (tertiary/aromatic N) is 3. The number of alkyl halides is 3. The quantitative estimate of drug-likeness (QED) is 0.270. The highest BCUT2D eigenvalue weighted by Crippen LogP contribution is 2.38. The zero-order valence-electron chi connectivity index (χ0n) is 18.0. The second-order valence-corrected chi connectivity index (χ2v) is 11.6. The van der Waals surface area contributed by atoms with E-state index in [4.69, 9.17) is 39.6 Å². The van der Waals surface area contributed by atoms with Gasteiger partial charge in [0, 0.05) is 29.5 Å². The van der Waals surface area contributed by atoms with Gasteiger partial charge in [0.25, 0.3) is 0 Å². The number of benzene rings is 1. The van der Waals surface area contributed by atoms with E-state index >= 15 is 0 Å². The van der Waals surface area contributed by atoms with Gasteiger partial charge in [-0.1, -0.05) is 57.7 Å². The van der Waals surface area contributed by atoms with E-state index in [1.54, 1.807) is 4.68 Å². The summed E-state index contributed by atoms with van der Waals surface area (Å²) < 4.78 is -0.393. The maximum Gasteiger partial charge on any atom is 0.224 e. The summed E-state index contributed by atoms with van der Waals surface area (Å²) in [4.78, 5) is 6.39. The Morgan fingerprint density at radius 3 is 2.33 bits per heavy atom. The molecule has 0 N–H and O–H groups in total. The van der Waals surface area contributed by atoms with Gasteiger partial charge in [-0.2, -0.15) is 5.06 Å². The van der Waals surface area contributed by atoms with Crippen molar-refractivity contribution in [2.75, 3.05) is 6.61 Å². The van der Waals surface area contributed by atoms with Crippen LogP contribution in [0.4, 0.5) is 0 Å². The molecule has 3 rings (SSSR count). The van der Waals surface area contributed by atoms with Crippen molar-refractivity contribution < 1.29 is 14.6 Å². The van der Waals surface area contributed by atoms with Gasteiger partial charge < -0.3 is 5.11 Å². The molecule has 0 bridgehead atoms. The van der Waals surface area contributed by atoms with Gasteiger partial charge in [0.1, 0.15) is 6.61 Å². The van der Waals surface area contributed by atoms with E-state index in [0.717, 1.165) is 37.0 Å². The highest BCUT2D eigenvalue weighted by molar-refractivity contribution is 6.75. The van der Waals surface area contributed by atoms with Crippen LogP contribution in [-0.2, 0) is 4.84 Å². The molecule has 2 aliphatic rings. The molecule has 30 heavy (non-hydrogen) atoms. The van der Waals surface area contributed by atoms with Crippen LogP contribution in [-0.4, -0.2) is 48.9 Å². The Labute approximate surface area is 194 Å². The summed E-state index contributed by atoms with van der Waals surface area (Å²) in [5, 5.41) is 18.7. The summed E-state index contributed by atoms with van der Waals surface area (Å²) in [6.07, 6.45) is 4.89. The van der Waals surface area contributed by atoms with Gasteiger partial charge in [-0.15, -0.1) is 0 Å². The minimum atomic E-state index is -2.09. The van der Waals surface area contributed by atoms with E-state index in [2.05, 4.69) is 37.9 Å². The molecule has 0 spiro atoms. The van der Waals surface area contributed by atoms with Crippen LogP contribution in [0.2, 0.25) is 0 Å². The van der Waals surface area contributed by atoms with Gasteiger partial charge in [-0.05, 0) is 64.2 Å². The zero-order chi connectivity index (χ0) is 22.2. The normalized spacial score (nSPS) is 25.0. The summed E-state index contributed by atoms with van der Waals surface area (Å²) in [5.41, 5.74) is 1.80. The van der Waals surface area contributed by atoms with Crippen LogP contribution in [0, 0.1) is 0 Å². The molecule has 0 saturated carbocycles. The minimum absolute atomic E-state index is 0.0678. The Balaban J connectivity index is 1.89. The topological polar surface area (TPSA) is 50.9 Å². The van der Waals surface area contributed by atoms with Crippen molar-refractivity contribution in [1.29, 1.82) is 0 Å². The SMILES string of the molecule is CC1(C)CCCC(C)(C)N1OCC1CCC(c2ccccc2)=[N+]1/N=C(/[O-])C(Cl)(Cl)Cl. The fourth-order valence-electron chi connectivity index (χ4n) is 4.60.